The lowest BCUT2D eigenvalue weighted by Crippen LogP contribution is -2.23. The monoisotopic (exact) mass is 451 g/mol. The van der Waals surface area contributed by atoms with Crippen LogP contribution in [0.25, 0.3) is 0 Å². The standard InChI is InChI=1S/C19H19F6N3O3/c1-3-10(7-15(29)30)11-4-5-13(16(31-2)18(20,21)22)14(6-11)28-12-8-26-17(27-9-12)19(23,24)25/h4-6,8-10,16,28H,3,7H2,1-2H3,(H,29,30)/t10-,16-/m0/s1. The summed E-state index contributed by atoms with van der Waals surface area (Å²) < 4.78 is 82.8. The summed E-state index contributed by atoms with van der Waals surface area (Å²) in [7, 11) is 0.871. The third-order valence-electron chi connectivity index (χ3n) is 4.46. The van der Waals surface area contributed by atoms with Crippen LogP contribution in [0.3, 0.4) is 0 Å². The Morgan fingerprint density at radius 3 is 2.23 bits per heavy atom. The highest BCUT2D eigenvalue weighted by Crippen LogP contribution is 2.41. The highest BCUT2D eigenvalue weighted by Gasteiger charge is 2.42. The molecule has 1 aromatic heterocycles. The summed E-state index contributed by atoms with van der Waals surface area (Å²) in [5.41, 5.74) is -0.0894. The smallest absolute Gasteiger partial charge is 0.451 e. The minimum absolute atomic E-state index is 0.0882. The molecule has 2 rings (SSSR count). The van der Waals surface area contributed by atoms with Gasteiger partial charge in [0, 0.05) is 18.4 Å². The topological polar surface area (TPSA) is 84.3 Å². The zero-order valence-corrected chi connectivity index (χ0v) is 16.4. The first kappa shape index (κ1) is 24.4. The molecule has 0 amide bonds. The number of ether oxygens (including phenoxy) is 1. The maximum Gasteiger partial charge on any atom is 0.451 e. The normalized spacial score (nSPS) is 14.2. The summed E-state index contributed by atoms with van der Waals surface area (Å²) in [4.78, 5) is 17.4. The predicted octanol–water partition coefficient (Wildman–Crippen LogP) is 5.46. The van der Waals surface area contributed by atoms with Crippen molar-refractivity contribution in [2.24, 2.45) is 0 Å². The molecule has 170 valence electrons. The van der Waals surface area contributed by atoms with Crippen LogP contribution in [0.2, 0.25) is 0 Å². The fraction of sp³-hybridized carbons (Fsp3) is 0.421. The van der Waals surface area contributed by atoms with Crippen molar-refractivity contribution in [3.63, 3.8) is 0 Å². The number of anilines is 2. The van der Waals surface area contributed by atoms with E-state index in [2.05, 4.69) is 20.0 Å². The third-order valence-corrected chi connectivity index (χ3v) is 4.46. The van der Waals surface area contributed by atoms with Gasteiger partial charge in [0.05, 0.1) is 24.5 Å². The van der Waals surface area contributed by atoms with Crippen molar-refractivity contribution >= 4 is 17.3 Å². The molecule has 0 radical (unpaired) electrons. The van der Waals surface area contributed by atoms with Crippen LogP contribution in [0.4, 0.5) is 37.7 Å². The Morgan fingerprint density at radius 1 is 1.16 bits per heavy atom. The molecule has 1 aromatic carbocycles. The second-order valence-electron chi connectivity index (χ2n) is 6.63. The summed E-state index contributed by atoms with van der Waals surface area (Å²) >= 11 is 0. The van der Waals surface area contributed by atoms with Crippen LogP contribution in [0.5, 0.6) is 0 Å². The number of methoxy groups -OCH3 is 1. The highest BCUT2D eigenvalue weighted by molar-refractivity contribution is 5.69. The Morgan fingerprint density at radius 2 is 1.77 bits per heavy atom. The van der Waals surface area contributed by atoms with E-state index in [-0.39, 0.29) is 23.4 Å². The average molecular weight is 451 g/mol. The van der Waals surface area contributed by atoms with Crippen LogP contribution in [-0.4, -0.2) is 34.3 Å². The number of nitrogens with zero attached hydrogens (tertiary/aromatic N) is 2. The summed E-state index contributed by atoms with van der Waals surface area (Å²) in [5, 5.41) is 11.7. The molecule has 0 aliphatic rings. The van der Waals surface area contributed by atoms with Crippen molar-refractivity contribution in [3.8, 4) is 0 Å². The third kappa shape index (κ3) is 6.29. The van der Waals surface area contributed by atoms with Gasteiger partial charge in [-0.05, 0) is 24.0 Å². The second-order valence-corrected chi connectivity index (χ2v) is 6.63. The molecule has 31 heavy (non-hydrogen) atoms. The van der Waals surface area contributed by atoms with Crippen molar-refractivity contribution in [3.05, 3.63) is 47.5 Å². The minimum Gasteiger partial charge on any atom is -0.481 e. The molecule has 2 atom stereocenters. The largest absolute Gasteiger partial charge is 0.481 e. The molecule has 0 saturated heterocycles. The lowest BCUT2D eigenvalue weighted by atomic mass is 9.91. The number of carbonyl (C=O) groups is 1. The van der Waals surface area contributed by atoms with Crippen molar-refractivity contribution in [1.82, 2.24) is 9.97 Å². The number of rotatable bonds is 8. The average Bonchev–Trinajstić information content (AvgIpc) is 2.66. The summed E-state index contributed by atoms with van der Waals surface area (Å²) in [6.07, 6.45) is -10.1. The molecule has 0 fully saturated rings. The number of benzene rings is 1. The number of nitrogens with one attached hydrogen (secondary N) is 1. The van der Waals surface area contributed by atoms with Gasteiger partial charge in [0.15, 0.2) is 6.10 Å². The predicted molar refractivity (Wildman–Crippen MR) is 97.8 cm³/mol. The number of halogens is 6. The summed E-state index contributed by atoms with van der Waals surface area (Å²) in [5.74, 6) is -2.96. The first-order chi connectivity index (χ1) is 14.4. The van der Waals surface area contributed by atoms with E-state index < -0.39 is 36.2 Å². The molecular weight excluding hydrogens is 432 g/mol. The van der Waals surface area contributed by atoms with Gasteiger partial charge in [-0.2, -0.15) is 26.3 Å². The van der Waals surface area contributed by atoms with E-state index in [0.29, 0.717) is 12.0 Å². The Balaban J connectivity index is 2.51. The van der Waals surface area contributed by atoms with Gasteiger partial charge in [0.1, 0.15) is 0 Å². The lowest BCUT2D eigenvalue weighted by Gasteiger charge is -2.24. The molecule has 0 spiro atoms. The number of hydrogen-bond donors (Lipinski definition) is 2. The zero-order valence-electron chi connectivity index (χ0n) is 16.4. The van der Waals surface area contributed by atoms with E-state index in [0.717, 1.165) is 25.6 Å². The number of alkyl halides is 6. The summed E-state index contributed by atoms with van der Waals surface area (Å²) in [6.45, 7) is 1.73. The molecule has 6 nitrogen and oxygen atoms in total. The van der Waals surface area contributed by atoms with Crippen molar-refractivity contribution < 1.29 is 41.0 Å². The second kappa shape index (κ2) is 9.50. The van der Waals surface area contributed by atoms with Gasteiger partial charge in [0.2, 0.25) is 5.82 Å². The number of hydrogen-bond acceptors (Lipinski definition) is 5. The van der Waals surface area contributed by atoms with Crippen molar-refractivity contribution in [2.75, 3.05) is 12.4 Å². The number of aromatic nitrogens is 2. The number of aliphatic carboxylic acids is 1. The van der Waals surface area contributed by atoms with Gasteiger partial charge >= 0.3 is 18.3 Å². The molecular formula is C19H19F6N3O3. The maximum absolute atomic E-state index is 13.4. The van der Waals surface area contributed by atoms with E-state index >= 15 is 0 Å². The van der Waals surface area contributed by atoms with Gasteiger partial charge < -0.3 is 15.2 Å². The summed E-state index contributed by atoms with van der Waals surface area (Å²) in [6, 6.07) is 3.84. The van der Waals surface area contributed by atoms with Gasteiger partial charge in [-0.25, -0.2) is 9.97 Å². The van der Waals surface area contributed by atoms with E-state index in [1.807, 2.05) is 0 Å². The van der Waals surface area contributed by atoms with Crippen LogP contribution in [-0.2, 0) is 15.7 Å². The fourth-order valence-corrected chi connectivity index (χ4v) is 3.00. The Kier molecular flexibility index (Phi) is 7.47. The van der Waals surface area contributed by atoms with E-state index in [1.54, 1.807) is 6.92 Å². The molecule has 0 bridgehead atoms. The fourth-order valence-electron chi connectivity index (χ4n) is 3.00. The van der Waals surface area contributed by atoms with Crippen LogP contribution in [0, 0.1) is 0 Å². The molecule has 12 heteroatoms. The lowest BCUT2D eigenvalue weighted by molar-refractivity contribution is -0.215. The van der Waals surface area contributed by atoms with Gasteiger partial charge in [-0.3, -0.25) is 4.79 Å². The highest BCUT2D eigenvalue weighted by atomic mass is 19.4. The van der Waals surface area contributed by atoms with Gasteiger partial charge in [0.25, 0.3) is 0 Å². The zero-order chi connectivity index (χ0) is 23.4. The molecule has 1 heterocycles. The van der Waals surface area contributed by atoms with E-state index in [1.165, 1.54) is 12.1 Å². The molecule has 2 N–H and O–H groups in total. The first-order valence-electron chi connectivity index (χ1n) is 8.98. The molecule has 0 aliphatic heterocycles. The van der Waals surface area contributed by atoms with Crippen LogP contribution in [0.15, 0.2) is 30.6 Å². The minimum atomic E-state index is -4.77. The quantitative estimate of drug-likeness (QED) is 0.519. The SMILES string of the molecule is CC[C@@H](CC(=O)O)c1ccc([C@H](OC)C(F)(F)F)c(Nc2cnc(C(F)(F)F)nc2)c1. The van der Waals surface area contributed by atoms with Crippen LogP contribution >= 0.6 is 0 Å². The maximum atomic E-state index is 13.4. The van der Waals surface area contributed by atoms with E-state index in [9.17, 15) is 31.1 Å². The van der Waals surface area contributed by atoms with Crippen molar-refractivity contribution in [2.45, 2.75) is 44.1 Å². The Bertz CT molecular complexity index is 900. The molecule has 2 aromatic rings. The molecule has 0 aliphatic carbocycles. The molecule has 0 saturated carbocycles. The number of carboxylic acids is 1. The molecule has 0 unspecified atom stereocenters. The van der Waals surface area contributed by atoms with Crippen molar-refractivity contribution in [1.29, 1.82) is 0 Å². The Labute approximate surface area is 173 Å². The van der Waals surface area contributed by atoms with Crippen LogP contribution < -0.4 is 5.32 Å². The van der Waals surface area contributed by atoms with Gasteiger partial charge in [-0.1, -0.05) is 19.1 Å². The number of carboxylic acid groups (broad SMARTS) is 1. The Hall–Kier alpha value is -2.89. The van der Waals surface area contributed by atoms with E-state index in [4.69, 9.17) is 5.11 Å². The first-order valence-corrected chi connectivity index (χ1v) is 8.98. The van der Waals surface area contributed by atoms with Gasteiger partial charge in [-0.15, -0.1) is 0 Å². The van der Waals surface area contributed by atoms with Crippen LogP contribution in [0.1, 0.15) is 48.7 Å².